The first kappa shape index (κ1) is 10.2. The predicted molar refractivity (Wildman–Crippen MR) is 62.5 cm³/mol. The zero-order valence-electron chi connectivity index (χ0n) is 9.47. The summed E-state index contributed by atoms with van der Waals surface area (Å²) < 4.78 is 2.09. The summed E-state index contributed by atoms with van der Waals surface area (Å²) in [5.74, 6) is 1.75. The van der Waals surface area contributed by atoms with Gasteiger partial charge in [-0.3, -0.25) is 4.79 Å². The van der Waals surface area contributed by atoms with E-state index in [-0.39, 0.29) is 11.6 Å². The fourth-order valence-corrected chi connectivity index (χ4v) is 2.10. The van der Waals surface area contributed by atoms with Crippen molar-refractivity contribution in [3.8, 4) is 11.4 Å². The summed E-state index contributed by atoms with van der Waals surface area (Å²) >= 11 is 0. The molecular formula is C11H13N5O. The molecule has 0 saturated heterocycles. The highest BCUT2D eigenvalue weighted by Gasteiger charge is 2.21. The summed E-state index contributed by atoms with van der Waals surface area (Å²) in [4.78, 5) is 13.7. The lowest BCUT2D eigenvalue weighted by Crippen LogP contribution is -2.32. The van der Waals surface area contributed by atoms with Crippen LogP contribution in [0.3, 0.4) is 0 Å². The van der Waals surface area contributed by atoms with Crippen LogP contribution >= 0.6 is 0 Å². The predicted octanol–water partition coefficient (Wildman–Crippen LogP) is 0.298. The van der Waals surface area contributed by atoms with Gasteiger partial charge in [0.25, 0.3) is 0 Å². The lowest BCUT2D eigenvalue weighted by Gasteiger charge is -2.21. The van der Waals surface area contributed by atoms with Crippen LogP contribution in [0.25, 0.3) is 11.4 Å². The second-order valence-electron chi connectivity index (χ2n) is 4.15. The number of hydrogen-bond acceptors (Lipinski definition) is 4. The van der Waals surface area contributed by atoms with E-state index in [1.165, 1.54) is 6.07 Å². The minimum absolute atomic E-state index is 0.109. The number of aromatic amines is 1. The summed E-state index contributed by atoms with van der Waals surface area (Å²) in [5, 5.41) is 11.7. The van der Waals surface area contributed by atoms with Crippen molar-refractivity contribution in [2.24, 2.45) is 0 Å². The van der Waals surface area contributed by atoms with E-state index in [4.69, 9.17) is 0 Å². The van der Waals surface area contributed by atoms with Crippen molar-refractivity contribution in [2.45, 2.75) is 19.5 Å². The number of pyridine rings is 1. The van der Waals surface area contributed by atoms with Crippen molar-refractivity contribution < 1.29 is 0 Å². The highest BCUT2D eigenvalue weighted by Crippen LogP contribution is 2.22. The molecule has 0 aliphatic carbocycles. The van der Waals surface area contributed by atoms with Crippen LogP contribution in [0, 0.1) is 0 Å². The van der Waals surface area contributed by atoms with Gasteiger partial charge in [0.2, 0.25) is 5.56 Å². The first-order valence-electron chi connectivity index (χ1n) is 5.61. The average Bonchev–Trinajstić information content (AvgIpc) is 2.75. The van der Waals surface area contributed by atoms with Crippen LogP contribution in [0.15, 0.2) is 23.1 Å². The average molecular weight is 231 g/mol. The Labute approximate surface area is 97.7 Å². The summed E-state index contributed by atoms with van der Waals surface area (Å²) in [7, 11) is 0. The maximum atomic E-state index is 11.0. The fraction of sp³-hybridized carbons (Fsp3) is 0.364. The maximum Gasteiger partial charge on any atom is 0.247 e. The van der Waals surface area contributed by atoms with Crippen LogP contribution in [0.2, 0.25) is 0 Å². The Morgan fingerprint density at radius 3 is 3.06 bits per heavy atom. The molecule has 1 aliphatic rings. The van der Waals surface area contributed by atoms with Crippen LogP contribution in [0.1, 0.15) is 18.8 Å². The zero-order valence-corrected chi connectivity index (χ0v) is 9.47. The number of H-pyrrole nitrogens is 1. The number of fused-ring (bicyclic) bond motifs is 1. The summed E-state index contributed by atoms with van der Waals surface area (Å²) in [5.41, 5.74) is 0.777. The van der Waals surface area contributed by atoms with E-state index in [1.54, 1.807) is 12.3 Å². The highest BCUT2D eigenvalue weighted by molar-refractivity contribution is 5.53. The van der Waals surface area contributed by atoms with Crippen molar-refractivity contribution in [2.75, 3.05) is 6.54 Å². The molecule has 6 heteroatoms. The van der Waals surface area contributed by atoms with Gasteiger partial charge in [0.15, 0.2) is 5.82 Å². The monoisotopic (exact) mass is 231 g/mol. The zero-order chi connectivity index (χ0) is 11.8. The molecule has 1 unspecified atom stereocenters. The van der Waals surface area contributed by atoms with Gasteiger partial charge in [0.05, 0.1) is 6.04 Å². The first-order valence-corrected chi connectivity index (χ1v) is 5.61. The van der Waals surface area contributed by atoms with Gasteiger partial charge in [-0.2, -0.15) is 0 Å². The standard InChI is InChI=1S/C11H13N5O/c1-7-10-14-15-11(16(10)5-4-12-7)8-2-3-9(17)13-6-8/h2-3,6-7,12H,4-5H2,1H3,(H,13,17). The molecule has 2 aromatic rings. The summed E-state index contributed by atoms with van der Waals surface area (Å²) in [6, 6.07) is 3.48. The Bertz CT molecular complexity index is 580. The topological polar surface area (TPSA) is 75.6 Å². The molecule has 17 heavy (non-hydrogen) atoms. The van der Waals surface area contributed by atoms with Crippen LogP contribution in [-0.4, -0.2) is 26.3 Å². The molecule has 88 valence electrons. The second kappa shape index (κ2) is 3.81. The van der Waals surface area contributed by atoms with Crippen LogP contribution in [0.4, 0.5) is 0 Å². The smallest absolute Gasteiger partial charge is 0.247 e. The molecule has 0 aromatic carbocycles. The van der Waals surface area contributed by atoms with Crippen molar-refractivity contribution in [1.82, 2.24) is 25.1 Å². The van der Waals surface area contributed by atoms with Gasteiger partial charge < -0.3 is 14.9 Å². The molecule has 0 saturated carbocycles. The number of aromatic nitrogens is 4. The van der Waals surface area contributed by atoms with Gasteiger partial charge >= 0.3 is 0 Å². The third-order valence-electron chi connectivity index (χ3n) is 3.00. The van der Waals surface area contributed by atoms with Crippen LogP contribution in [0.5, 0.6) is 0 Å². The summed E-state index contributed by atoms with van der Waals surface area (Å²) in [6.45, 7) is 3.82. The van der Waals surface area contributed by atoms with Gasteiger partial charge in [0.1, 0.15) is 5.82 Å². The largest absolute Gasteiger partial charge is 0.328 e. The van der Waals surface area contributed by atoms with E-state index in [0.29, 0.717) is 0 Å². The van der Waals surface area contributed by atoms with E-state index >= 15 is 0 Å². The van der Waals surface area contributed by atoms with E-state index in [0.717, 1.165) is 30.3 Å². The lowest BCUT2D eigenvalue weighted by molar-refractivity contribution is 0.439. The quantitative estimate of drug-likeness (QED) is 0.740. The van der Waals surface area contributed by atoms with E-state index < -0.39 is 0 Å². The van der Waals surface area contributed by atoms with Crippen LogP contribution < -0.4 is 10.9 Å². The van der Waals surface area contributed by atoms with Gasteiger partial charge in [-0.1, -0.05) is 0 Å². The Balaban J connectivity index is 2.10. The van der Waals surface area contributed by atoms with Gasteiger partial charge in [-0.25, -0.2) is 0 Å². The molecular weight excluding hydrogens is 218 g/mol. The number of hydrogen-bond donors (Lipinski definition) is 2. The van der Waals surface area contributed by atoms with Gasteiger partial charge in [-0.05, 0) is 13.0 Å². The number of rotatable bonds is 1. The minimum Gasteiger partial charge on any atom is -0.328 e. The molecule has 2 N–H and O–H groups in total. The normalized spacial score (nSPS) is 19.0. The van der Waals surface area contributed by atoms with E-state index in [2.05, 4.69) is 32.0 Å². The lowest BCUT2D eigenvalue weighted by atomic mass is 10.2. The molecule has 1 atom stereocenters. The molecule has 0 bridgehead atoms. The molecule has 0 amide bonds. The summed E-state index contributed by atoms with van der Waals surface area (Å²) in [6.07, 6.45) is 1.67. The van der Waals surface area contributed by atoms with E-state index in [9.17, 15) is 4.79 Å². The maximum absolute atomic E-state index is 11.0. The van der Waals surface area contributed by atoms with E-state index in [1.807, 2.05) is 0 Å². The molecule has 0 radical (unpaired) electrons. The minimum atomic E-state index is -0.109. The Morgan fingerprint density at radius 1 is 1.41 bits per heavy atom. The number of nitrogens with one attached hydrogen (secondary N) is 2. The SMILES string of the molecule is CC1NCCn2c(-c3ccc(=O)[nH]c3)nnc21. The molecule has 6 nitrogen and oxygen atoms in total. The fourth-order valence-electron chi connectivity index (χ4n) is 2.10. The Kier molecular flexibility index (Phi) is 2.29. The molecule has 0 fully saturated rings. The van der Waals surface area contributed by atoms with Crippen molar-refractivity contribution in [1.29, 1.82) is 0 Å². The van der Waals surface area contributed by atoms with Crippen molar-refractivity contribution >= 4 is 0 Å². The van der Waals surface area contributed by atoms with Gasteiger partial charge in [-0.15, -0.1) is 10.2 Å². The first-order chi connectivity index (χ1) is 8.25. The van der Waals surface area contributed by atoms with Crippen molar-refractivity contribution in [3.05, 3.63) is 34.5 Å². The number of nitrogens with zero attached hydrogens (tertiary/aromatic N) is 3. The molecule has 3 rings (SSSR count). The Hall–Kier alpha value is -1.95. The Morgan fingerprint density at radius 2 is 2.29 bits per heavy atom. The van der Waals surface area contributed by atoms with Crippen molar-refractivity contribution in [3.63, 3.8) is 0 Å². The third-order valence-corrected chi connectivity index (χ3v) is 3.00. The molecule has 3 heterocycles. The molecule has 0 spiro atoms. The molecule has 1 aliphatic heterocycles. The van der Waals surface area contributed by atoms with Crippen LogP contribution in [-0.2, 0) is 6.54 Å². The third kappa shape index (κ3) is 1.66. The molecule has 2 aromatic heterocycles. The second-order valence-corrected chi connectivity index (χ2v) is 4.15. The highest BCUT2D eigenvalue weighted by atomic mass is 16.1. The van der Waals surface area contributed by atoms with Gasteiger partial charge in [0, 0.05) is 30.9 Å².